The van der Waals surface area contributed by atoms with Crippen LogP contribution in [-0.2, 0) is 11.3 Å². The lowest BCUT2D eigenvalue weighted by molar-refractivity contribution is -0.113. The summed E-state index contributed by atoms with van der Waals surface area (Å²) < 4.78 is 2.04. The molecule has 3 aromatic rings. The summed E-state index contributed by atoms with van der Waals surface area (Å²) >= 11 is 3.07. The Labute approximate surface area is 168 Å². The molecule has 3 rings (SSSR count). The summed E-state index contributed by atoms with van der Waals surface area (Å²) in [4.78, 5) is 13.4. The van der Waals surface area contributed by atoms with Crippen LogP contribution < -0.4 is 5.32 Å². The minimum Gasteiger partial charge on any atom is -0.325 e. The van der Waals surface area contributed by atoms with Gasteiger partial charge >= 0.3 is 0 Å². The average Bonchev–Trinajstić information content (AvgIpc) is 3.10. The van der Waals surface area contributed by atoms with Crippen molar-refractivity contribution in [3.8, 4) is 11.4 Å². The molecule has 0 saturated carbocycles. The first-order valence-corrected chi connectivity index (χ1v) is 10.9. The normalized spacial score (nSPS) is 10.8. The standard InChI is InChI=1S/C20H22N4OS2/c1-4-24-19(15-7-5-6-14(2)12-15)22-23-20(24)27-13-18(25)21-16-8-10-17(26-3)11-9-16/h5-12H,4,13H2,1-3H3,(H,21,25). The molecule has 0 aliphatic rings. The second-order valence-corrected chi connectivity index (χ2v) is 7.81. The van der Waals surface area contributed by atoms with Crippen molar-refractivity contribution in [1.82, 2.24) is 14.8 Å². The second-order valence-electron chi connectivity index (χ2n) is 5.99. The number of hydrogen-bond donors (Lipinski definition) is 1. The SMILES string of the molecule is CCn1c(SCC(=O)Nc2ccc(SC)cc2)nnc1-c1cccc(C)c1. The van der Waals surface area contributed by atoms with E-state index in [2.05, 4.69) is 41.5 Å². The highest BCUT2D eigenvalue weighted by molar-refractivity contribution is 7.99. The topological polar surface area (TPSA) is 59.8 Å². The molecule has 0 radical (unpaired) electrons. The fourth-order valence-corrected chi connectivity index (χ4v) is 3.89. The monoisotopic (exact) mass is 398 g/mol. The van der Waals surface area contributed by atoms with Crippen molar-refractivity contribution in [1.29, 1.82) is 0 Å². The van der Waals surface area contributed by atoms with Crippen LogP contribution in [0.3, 0.4) is 0 Å². The summed E-state index contributed by atoms with van der Waals surface area (Å²) in [5.74, 6) is 1.06. The van der Waals surface area contributed by atoms with Gasteiger partial charge in [0.15, 0.2) is 11.0 Å². The van der Waals surface area contributed by atoms with Crippen molar-refractivity contribution < 1.29 is 4.79 Å². The van der Waals surface area contributed by atoms with Crippen LogP contribution in [-0.4, -0.2) is 32.7 Å². The number of rotatable bonds is 7. The number of amides is 1. The highest BCUT2D eigenvalue weighted by Crippen LogP contribution is 2.25. The van der Waals surface area contributed by atoms with Crippen molar-refractivity contribution in [2.24, 2.45) is 0 Å². The molecule has 0 aliphatic carbocycles. The molecule has 0 spiro atoms. The number of anilines is 1. The Kier molecular flexibility index (Phi) is 6.58. The summed E-state index contributed by atoms with van der Waals surface area (Å²) in [6.07, 6.45) is 2.03. The molecule has 1 heterocycles. The fourth-order valence-electron chi connectivity index (χ4n) is 2.68. The van der Waals surface area contributed by atoms with Crippen LogP contribution in [0.25, 0.3) is 11.4 Å². The number of hydrogen-bond acceptors (Lipinski definition) is 5. The Balaban J connectivity index is 1.66. The maximum absolute atomic E-state index is 12.3. The average molecular weight is 399 g/mol. The van der Waals surface area contributed by atoms with E-state index in [1.807, 2.05) is 47.2 Å². The summed E-state index contributed by atoms with van der Waals surface area (Å²) in [5.41, 5.74) is 3.02. The zero-order chi connectivity index (χ0) is 19.2. The molecule has 0 atom stereocenters. The van der Waals surface area contributed by atoms with Crippen LogP contribution in [0, 0.1) is 6.92 Å². The summed E-state index contributed by atoms with van der Waals surface area (Å²) in [5, 5.41) is 12.3. The van der Waals surface area contributed by atoms with E-state index in [9.17, 15) is 4.79 Å². The van der Waals surface area contributed by atoms with Gasteiger partial charge in [-0.15, -0.1) is 22.0 Å². The van der Waals surface area contributed by atoms with Gasteiger partial charge in [-0.05, 0) is 50.4 Å². The van der Waals surface area contributed by atoms with Gasteiger partial charge in [-0.1, -0.05) is 35.5 Å². The first-order chi connectivity index (χ1) is 13.1. The van der Waals surface area contributed by atoms with Crippen LogP contribution >= 0.6 is 23.5 Å². The van der Waals surface area contributed by atoms with Crippen LogP contribution in [0.1, 0.15) is 12.5 Å². The number of benzene rings is 2. The van der Waals surface area contributed by atoms with Gasteiger partial charge in [0, 0.05) is 22.7 Å². The highest BCUT2D eigenvalue weighted by atomic mass is 32.2. The lowest BCUT2D eigenvalue weighted by Gasteiger charge is -2.08. The van der Waals surface area contributed by atoms with Gasteiger partial charge in [-0.2, -0.15) is 0 Å². The Morgan fingerprint density at radius 2 is 1.93 bits per heavy atom. The maximum atomic E-state index is 12.3. The molecule has 5 nitrogen and oxygen atoms in total. The molecule has 7 heteroatoms. The van der Waals surface area contributed by atoms with E-state index in [-0.39, 0.29) is 11.7 Å². The summed E-state index contributed by atoms with van der Waals surface area (Å²) in [6.45, 7) is 4.86. The van der Waals surface area contributed by atoms with E-state index in [1.165, 1.54) is 22.2 Å². The first kappa shape index (κ1) is 19.5. The number of carbonyl (C=O) groups excluding carboxylic acids is 1. The Morgan fingerprint density at radius 1 is 1.15 bits per heavy atom. The van der Waals surface area contributed by atoms with Crippen LogP contribution in [0.5, 0.6) is 0 Å². The van der Waals surface area contributed by atoms with E-state index < -0.39 is 0 Å². The number of thioether (sulfide) groups is 2. The lowest BCUT2D eigenvalue weighted by Crippen LogP contribution is -2.14. The van der Waals surface area contributed by atoms with Crippen molar-refractivity contribution in [2.75, 3.05) is 17.3 Å². The Hall–Kier alpha value is -2.25. The van der Waals surface area contributed by atoms with E-state index in [4.69, 9.17) is 0 Å². The van der Waals surface area contributed by atoms with Crippen molar-refractivity contribution >= 4 is 35.1 Å². The molecule has 27 heavy (non-hydrogen) atoms. The molecular formula is C20H22N4OS2. The van der Waals surface area contributed by atoms with Crippen LogP contribution in [0.2, 0.25) is 0 Å². The quantitative estimate of drug-likeness (QED) is 0.583. The largest absolute Gasteiger partial charge is 0.325 e. The molecule has 0 bridgehead atoms. The molecular weight excluding hydrogens is 376 g/mol. The molecule has 0 aliphatic heterocycles. The van der Waals surface area contributed by atoms with Crippen molar-refractivity contribution in [2.45, 2.75) is 30.4 Å². The molecule has 0 unspecified atom stereocenters. The third-order valence-corrected chi connectivity index (χ3v) is 5.73. The van der Waals surface area contributed by atoms with E-state index in [1.54, 1.807) is 11.8 Å². The van der Waals surface area contributed by atoms with Gasteiger partial charge in [-0.25, -0.2) is 0 Å². The van der Waals surface area contributed by atoms with Gasteiger partial charge in [0.05, 0.1) is 5.75 Å². The minimum absolute atomic E-state index is 0.0559. The molecule has 0 saturated heterocycles. The Morgan fingerprint density at radius 3 is 2.59 bits per heavy atom. The third-order valence-electron chi connectivity index (χ3n) is 4.02. The molecule has 1 aromatic heterocycles. The zero-order valence-electron chi connectivity index (χ0n) is 15.6. The van der Waals surface area contributed by atoms with Crippen molar-refractivity contribution in [3.63, 3.8) is 0 Å². The molecule has 2 aromatic carbocycles. The molecule has 140 valence electrons. The van der Waals surface area contributed by atoms with Gasteiger partial charge in [-0.3, -0.25) is 4.79 Å². The van der Waals surface area contributed by atoms with E-state index >= 15 is 0 Å². The minimum atomic E-state index is -0.0559. The third kappa shape index (κ3) is 4.93. The predicted octanol–water partition coefficient (Wildman–Crippen LogP) is 4.73. The number of nitrogens with one attached hydrogen (secondary N) is 1. The number of nitrogens with zero attached hydrogens (tertiary/aromatic N) is 3. The molecule has 1 amide bonds. The summed E-state index contributed by atoms with van der Waals surface area (Å²) in [7, 11) is 0. The fraction of sp³-hybridized carbons (Fsp3) is 0.250. The number of aryl methyl sites for hydroxylation is 1. The van der Waals surface area contributed by atoms with Gasteiger partial charge in [0.25, 0.3) is 0 Å². The number of carbonyl (C=O) groups is 1. The summed E-state index contributed by atoms with van der Waals surface area (Å²) in [6, 6.07) is 16.0. The maximum Gasteiger partial charge on any atom is 0.234 e. The van der Waals surface area contributed by atoms with Crippen LogP contribution in [0.4, 0.5) is 5.69 Å². The zero-order valence-corrected chi connectivity index (χ0v) is 17.2. The van der Waals surface area contributed by atoms with E-state index in [0.717, 1.165) is 28.8 Å². The second kappa shape index (κ2) is 9.10. The lowest BCUT2D eigenvalue weighted by atomic mass is 10.1. The molecule has 0 fully saturated rings. The Bertz CT molecular complexity index is 922. The van der Waals surface area contributed by atoms with Gasteiger partial charge < -0.3 is 9.88 Å². The predicted molar refractivity (Wildman–Crippen MR) is 113 cm³/mol. The van der Waals surface area contributed by atoms with Crippen LogP contribution in [0.15, 0.2) is 58.6 Å². The van der Waals surface area contributed by atoms with Gasteiger partial charge in [0.2, 0.25) is 5.91 Å². The molecule has 1 N–H and O–H groups in total. The van der Waals surface area contributed by atoms with Gasteiger partial charge in [0.1, 0.15) is 0 Å². The highest BCUT2D eigenvalue weighted by Gasteiger charge is 2.14. The van der Waals surface area contributed by atoms with E-state index in [0.29, 0.717) is 0 Å². The van der Waals surface area contributed by atoms with Crippen molar-refractivity contribution in [3.05, 3.63) is 54.1 Å². The number of aromatic nitrogens is 3. The first-order valence-electron chi connectivity index (χ1n) is 8.67. The smallest absolute Gasteiger partial charge is 0.234 e.